The summed E-state index contributed by atoms with van der Waals surface area (Å²) < 4.78 is 33.2. The molecular formula is C13H19Br2NO4S. The average molecular weight is 445 g/mol. The van der Waals surface area contributed by atoms with Gasteiger partial charge in [0.15, 0.2) is 0 Å². The molecule has 0 aliphatic heterocycles. The zero-order valence-corrected chi connectivity index (χ0v) is 16.1. The molecule has 0 aromatic heterocycles. The molecule has 0 aliphatic carbocycles. The highest BCUT2D eigenvalue weighted by molar-refractivity contribution is 9.11. The van der Waals surface area contributed by atoms with Gasteiger partial charge in [-0.3, -0.25) is 0 Å². The van der Waals surface area contributed by atoms with E-state index in [1.165, 1.54) is 13.2 Å². The summed E-state index contributed by atoms with van der Waals surface area (Å²) in [5.41, 5.74) is -0.245. The Kier molecular flexibility index (Phi) is 6.82. The molecule has 0 radical (unpaired) electrons. The molecule has 0 fully saturated rings. The summed E-state index contributed by atoms with van der Waals surface area (Å²) in [6, 6.07) is 3.26. The summed E-state index contributed by atoms with van der Waals surface area (Å²) >= 11 is 6.58. The normalized spacial score (nSPS) is 15.0. The van der Waals surface area contributed by atoms with Gasteiger partial charge in [0.2, 0.25) is 10.0 Å². The predicted octanol–water partition coefficient (Wildman–Crippen LogP) is 2.59. The maximum atomic E-state index is 12.3. The fraction of sp³-hybridized carbons (Fsp3) is 0.538. The summed E-state index contributed by atoms with van der Waals surface area (Å²) in [4.78, 5) is 0.127. The molecular weight excluding hydrogens is 426 g/mol. The van der Waals surface area contributed by atoms with Gasteiger partial charge >= 0.3 is 0 Å². The molecule has 0 amide bonds. The van der Waals surface area contributed by atoms with Crippen LogP contribution < -0.4 is 4.72 Å². The molecule has 0 bridgehead atoms. The summed E-state index contributed by atoms with van der Waals surface area (Å²) in [7, 11) is -2.19. The SMILES string of the molecule is COCCC(C)(O)CNS(=O)(=O)c1cc(Br)c(C)cc1Br. The van der Waals surface area contributed by atoms with Crippen molar-refractivity contribution >= 4 is 41.9 Å². The van der Waals surface area contributed by atoms with Crippen molar-refractivity contribution in [2.45, 2.75) is 30.8 Å². The molecule has 5 nitrogen and oxygen atoms in total. The number of nitrogens with one attached hydrogen (secondary N) is 1. The van der Waals surface area contributed by atoms with Crippen LogP contribution in [0.4, 0.5) is 0 Å². The third-order valence-corrected chi connectivity index (χ3v) is 6.20. The second-order valence-corrected chi connectivity index (χ2v) is 8.54. The highest BCUT2D eigenvalue weighted by Gasteiger charge is 2.25. The van der Waals surface area contributed by atoms with E-state index < -0.39 is 15.6 Å². The molecule has 120 valence electrons. The van der Waals surface area contributed by atoms with E-state index in [9.17, 15) is 13.5 Å². The van der Waals surface area contributed by atoms with E-state index >= 15 is 0 Å². The van der Waals surface area contributed by atoms with Crippen LogP contribution in [0.5, 0.6) is 0 Å². The number of halogens is 2. The minimum absolute atomic E-state index is 0.0867. The first-order chi connectivity index (χ1) is 9.59. The van der Waals surface area contributed by atoms with Gasteiger partial charge in [-0.15, -0.1) is 0 Å². The van der Waals surface area contributed by atoms with Crippen LogP contribution in [0.25, 0.3) is 0 Å². The Hall–Kier alpha value is 0.01000. The zero-order chi connectivity index (χ0) is 16.3. The van der Waals surface area contributed by atoms with Gasteiger partial charge in [-0.1, -0.05) is 15.9 Å². The van der Waals surface area contributed by atoms with Gasteiger partial charge in [0.05, 0.1) is 10.5 Å². The third-order valence-electron chi connectivity index (χ3n) is 2.99. The van der Waals surface area contributed by atoms with Crippen molar-refractivity contribution in [2.75, 3.05) is 20.3 Å². The highest BCUT2D eigenvalue weighted by atomic mass is 79.9. The number of methoxy groups -OCH3 is 1. The first-order valence-corrected chi connectivity index (χ1v) is 9.32. The molecule has 1 aromatic rings. The number of aryl methyl sites for hydroxylation is 1. The third kappa shape index (κ3) is 5.61. The molecule has 0 spiro atoms. The van der Waals surface area contributed by atoms with E-state index in [-0.39, 0.29) is 11.4 Å². The second kappa shape index (κ2) is 7.52. The van der Waals surface area contributed by atoms with Gasteiger partial charge in [0.1, 0.15) is 0 Å². The van der Waals surface area contributed by atoms with Crippen LogP contribution in [0.2, 0.25) is 0 Å². The zero-order valence-electron chi connectivity index (χ0n) is 12.1. The summed E-state index contributed by atoms with van der Waals surface area (Å²) in [5.74, 6) is 0. The van der Waals surface area contributed by atoms with Crippen LogP contribution >= 0.6 is 31.9 Å². The molecule has 1 unspecified atom stereocenters. The molecule has 8 heteroatoms. The number of hydrogen-bond acceptors (Lipinski definition) is 4. The fourth-order valence-electron chi connectivity index (χ4n) is 1.57. The van der Waals surface area contributed by atoms with Crippen molar-refractivity contribution in [1.29, 1.82) is 0 Å². The number of sulfonamides is 1. The lowest BCUT2D eigenvalue weighted by atomic mass is 10.0. The van der Waals surface area contributed by atoms with Crippen LogP contribution in [0, 0.1) is 6.92 Å². The average Bonchev–Trinajstić information content (AvgIpc) is 2.38. The Balaban J connectivity index is 2.90. The quantitative estimate of drug-likeness (QED) is 0.677. The maximum absolute atomic E-state index is 12.3. The lowest BCUT2D eigenvalue weighted by Gasteiger charge is -2.23. The van der Waals surface area contributed by atoms with Crippen LogP contribution in [0.3, 0.4) is 0 Å². The first-order valence-electron chi connectivity index (χ1n) is 6.26. The number of aliphatic hydroxyl groups is 1. The van der Waals surface area contributed by atoms with Crippen LogP contribution in [0.15, 0.2) is 26.0 Å². The fourth-order valence-corrected chi connectivity index (χ4v) is 4.41. The Bertz CT molecular complexity index is 602. The first kappa shape index (κ1) is 19.1. The van der Waals surface area contributed by atoms with Crippen molar-refractivity contribution in [3.63, 3.8) is 0 Å². The van der Waals surface area contributed by atoms with Crippen LogP contribution in [-0.2, 0) is 14.8 Å². The molecule has 1 rings (SSSR count). The van der Waals surface area contributed by atoms with Gasteiger partial charge in [0.25, 0.3) is 0 Å². The van der Waals surface area contributed by atoms with E-state index in [0.717, 1.165) is 5.56 Å². The largest absolute Gasteiger partial charge is 0.389 e. The molecule has 0 heterocycles. The number of benzene rings is 1. The monoisotopic (exact) mass is 443 g/mol. The smallest absolute Gasteiger partial charge is 0.241 e. The molecule has 1 atom stereocenters. The van der Waals surface area contributed by atoms with Crippen LogP contribution in [0.1, 0.15) is 18.9 Å². The van der Waals surface area contributed by atoms with Crippen molar-refractivity contribution in [2.24, 2.45) is 0 Å². The van der Waals surface area contributed by atoms with Crippen molar-refractivity contribution in [3.8, 4) is 0 Å². The predicted molar refractivity (Wildman–Crippen MR) is 88.9 cm³/mol. The van der Waals surface area contributed by atoms with Crippen LogP contribution in [-0.4, -0.2) is 39.4 Å². The number of rotatable bonds is 7. The number of ether oxygens (including phenoxy) is 1. The minimum Gasteiger partial charge on any atom is -0.389 e. The van der Waals surface area contributed by atoms with Crippen molar-refractivity contribution < 1.29 is 18.3 Å². The Morgan fingerprint density at radius 1 is 1.33 bits per heavy atom. The summed E-state index contributed by atoms with van der Waals surface area (Å²) in [5, 5.41) is 10.1. The van der Waals surface area contributed by atoms with Gasteiger partial charge in [-0.2, -0.15) is 0 Å². The molecule has 0 aliphatic rings. The van der Waals surface area contributed by atoms with E-state index in [1.54, 1.807) is 13.0 Å². The van der Waals surface area contributed by atoms with Gasteiger partial charge in [-0.25, -0.2) is 13.1 Å². The molecule has 2 N–H and O–H groups in total. The van der Waals surface area contributed by atoms with Gasteiger partial charge in [0, 0.05) is 35.6 Å². The second-order valence-electron chi connectivity index (χ2n) is 5.10. The van der Waals surface area contributed by atoms with Crippen molar-refractivity contribution in [3.05, 3.63) is 26.6 Å². The van der Waals surface area contributed by atoms with Gasteiger partial charge in [-0.05, 0) is 47.5 Å². The van der Waals surface area contributed by atoms with E-state index in [4.69, 9.17) is 4.74 Å². The standard InChI is InChI=1S/C13H19Br2NO4S/c1-9-6-11(15)12(7-10(9)14)21(18,19)16-8-13(2,17)4-5-20-3/h6-7,16-17H,4-5,8H2,1-3H3. The van der Waals surface area contributed by atoms with E-state index in [0.29, 0.717) is 22.0 Å². The Morgan fingerprint density at radius 3 is 2.52 bits per heavy atom. The summed E-state index contributed by atoms with van der Waals surface area (Å²) in [6.07, 6.45) is 0.338. The maximum Gasteiger partial charge on any atom is 0.241 e. The van der Waals surface area contributed by atoms with Crippen molar-refractivity contribution in [1.82, 2.24) is 4.72 Å². The topological polar surface area (TPSA) is 75.6 Å². The highest BCUT2D eigenvalue weighted by Crippen LogP contribution is 2.28. The lowest BCUT2D eigenvalue weighted by molar-refractivity contribution is 0.0292. The molecule has 0 saturated carbocycles. The number of hydrogen-bond donors (Lipinski definition) is 2. The molecule has 0 saturated heterocycles. The molecule has 1 aromatic carbocycles. The minimum atomic E-state index is -3.72. The molecule has 21 heavy (non-hydrogen) atoms. The Morgan fingerprint density at radius 2 is 1.95 bits per heavy atom. The lowest BCUT2D eigenvalue weighted by Crippen LogP contribution is -2.41. The van der Waals surface area contributed by atoms with Gasteiger partial charge < -0.3 is 9.84 Å². The van der Waals surface area contributed by atoms with E-state index in [2.05, 4.69) is 36.6 Å². The Labute approximate surface area is 142 Å². The summed E-state index contributed by atoms with van der Waals surface area (Å²) in [6.45, 7) is 3.70. The van der Waals surface area contributed by atoms with E-state index in [1.807, 2.05) is 6.92 Å².